The van der Waals surface area contributed by atoms with Crippen LogP contribution in [0.5, 0.6) is 0 Å². The first kappa shape index (κ1) is 17.1. The number of carbonyl (C=O) groups excluding carboxylic acids is 2. The van der Waals surface area contributed by atoms with Gasteiger partial charge in [-0.2, -0.15) is 0 Å². The average Bonchev–Trinajstić information content (AvgIpc) is 2.80. The van der Waals surface area contributed by atoms with E-state index in [0.29, 0.717) is 13.0 Å². The van der Waals surface area contributed by atoms with E-state index in [2.05, 4.69) is 10.6 Å². The van der Waals surface area contributed by atoms with E-state index in [0.717, 1.165) is 11.4 Å². The Bertz CT molecular complexity index is 575. The minimum absolute atomic E-state index is 0.0816. The SMILES string of the molecule is CN(C)c1ccc(NC(=O)NC2CC(=O)N(C(C)(C)C)C2)cc1. The number of hydrogen-bond donors (Lipinski definition) is 2. The highest BCUT2D eigenvalue weighted by atomic mass is 16.2. The number of nitrogens with zero attached hydrogens (tertiary/aromatic N) is 2. The van der Waals surface area contributed by atoms with E-state index in [9.17, 15) is 9.59 Å². The van der Waals surface area contributed by atoms with E-state index >= 15 is 0 Å². The molecule has 1 fully saturated rings. The van der Waals surface area contributed by atoms with Crippen molar-refractivity contribution in [3.05, 3.63) is 24.3 Å². The number of anilines is 2. The fourth-order valence-corrected chi connectivity index (χ4v) is 2.65. The van der Waals surface area contributed by atoms with Crippen molar-refractivity contribution in [2.45, 2.75) is 38.8 Å². The summed E-state index contributed by atoms with van der Waals surface area (Å²) in [7, 11) is 3.93. The molecule has 2 N–H and O–H groups in total. The molecule has 0 spiro atoms. The molecule has 3 amide bonds. The van der Waals surface area contributed by atoms with E-state index in [4.69, 9.17) is 0 Å². The zero-order chi connectivity index (χ0) is 17.2. The molecule has 1 heterocycles. The van der Waals surface area contributed by atoms with Gasteiger partial charge >= 0.3 is 6.03 Å². The predicted molar refractivity (Wildman–Crippen MR) is 92.8 cm³/mol. The Morgan fingerprint density at radius 3 is 2.30 bits per heavy atom. The first-order valence-corrected chi connectivity index (χ1v) is 7.82. The number of carbonyl (C=O) groups is 2. The maximum atomic E-state index is 12.1. The zero-order valence-electron chi connectivity index (χ0n) is 14.5. The smallest absolute Gasteiger partial charge is 0.319 e. The largest absolute Gasteiger partial charge is 0.378 e. The molecule has 0 bridgehead atoms. The van der Waals surface area contributed by atoms with E-state index in [-0.39, 0.29) is 23.5 Å². The molecule has 0 saturated carbocycles. The van der Waals surface area contributed by atoms with Crippen LogP contribution in [0.2, 0.25) is 0 Å². The Hall–Kier alpha value is -2.24. The fraction of sp³-hybridized carbons (Fsp3) is 0.529. The molecule has 1 aromatic rings. The molecule has 126 valence electrons. The molecular formula is C17H26N4O2. The number of urea groups is 1. The van der Waals surface area contributed by atoms with Gasteiger partial charge in [-0.05, 0) is 45.0 Å². The van der Waals surface area contributed by atoms with Gasteiger partial charge in [-0.1, -0.05) is 0 Å². The normalized spacial score (nSPS) is 18.0. The summed E-state index contributed by atoms with van der Waals surface area (Å²) in [4.78, 5) is 27.9. The van der Waals surface area contributed by atoms with Crippen LogP contribution < -0.4 is 15.5 Å². The summed E-state index contributed by atoms with van der Waals surface area (Å²) in [6.07, 6.45) is 0.351. The van der Waals surface area contributed by atoms with Crippen LogP contribution in [-0.2, 0) is 4.79 Å². The quantitative estimate of drug-likeness (QED) is 0.898. The Morgan fingerprint density at radius 2 is 1.83 bits per heavy atom. The fourth-order valence-electron chi connectivity index (χ4n) is 2.65. The minimum Gasteiger partial charge on any atom is -0.378 e. The molecule has 0 aromatic heterocycles. The summed E-state index contributed by atoms with van der Waals surface area (Å²) in [5, 5.41) is 5.68. The van der Waals surface area contributed by atoms with Crippen molar-refractivity contribution in [3.8, 4) is 0 Å². The van der Waals surface area contributed by atoms with Gasteiger partial charge in [-0.25, -0.2) is 4.79 Å². The minimum atomic E-state index is -0.281. The Morgan fingerprint density at radius 1 is 1.22 bits per heavy atom. The third-order valence-corrected chi connectivity index (χ3v) is 3.91. The summed E-state index contributed by atoms with van der Waals surface area (Å²) in [6, 6.07) is 7.16. The molecule has 0 aliphatic carbocycles. The molecule has 1 saturated heterocycles. The van der Waals surface area contributed by atoms with Crippen molar-refractivity contribution in [3.63, 3.8) is 0 Å². The van der Waals surface area contributed by atoms with E-state index in [1.54, 1.807) is 0 Å². The van der Waals surface area contributed by atoms with Gasteiger partial charge in [0.05, 0.1) is 6.04 Å². The number of amides is 3. The molecule has 0 radical (unpaired) electrons. The van der Waals surface area contributed by atoms with Gasteiger partial charge in [0.1, 0.15) is 0 Å². The lowest BCUT2D eigenvalue weighted by atomic mass is 10.1. The second kappa shape index (κ2) is 6.48. The summed E-state index contributed by atoms with van der Waals surface area (Å²) < 4.78 is 0. The van der Waals surface area contributed by atoms with Gasteiger partial charge in [-0.3, -0.25) is 4.79 Å². The summed E-state index contributed by atoms with van der Waals surface area (Å²) in [5.41, 5.74) is 1.58. The average molecular weight is 318 g/mol. The number of nitrogens with one attached hydrogen (secondary N) is 2. The van der Waals surface area contributed by atoms with Gasteiger partial charge in [-0.15, -0.1) is 0 Å². The van der Waals surface area contributed by atoms with Crippen molar-refractivity contribution in [2.24, 2.45) is 0 Å². The molecular weight excluding hydrogens is 292 g/mol. The van der Waals surface area contributed by atoms with E-state index < -0.39 is 0 Å². The van der Waals surface area contributed by atoms with Crippen molar-refractivity contribution < 1.29 is 9.59 Å². The lowest BCUT2D eigenvalue weighted by Crippen LogP contribution is -2.45. The van der Waals surface area contributed by atoms with Crippen LogP contribution in [0.4, 0.5) is 16.2 Å². The predicted octanol–water partition coefficient (Wildman–Crippen LogP) is 2.27. The van der Waals surface area contributed by atoms with Gasteiger partial charge in [0.2, 0.25) is 5.91 Å². The van der Waals surface area contributed by atoms with E-state index in [1.807, 2.05) is 68.9 Å². The Balaban J connectivity index is 1.89. The summed E-state index contributed by atoms with van der Waals surface area (Å²) >= 11 is 0. The maximum absolute atomic E-state index is 12.1. The van der Waals surface area contributed by atoms with Gasteiger partial charge in [0.25, 0.3) is 0 Å². The molecule has 1 aliphatic heterocycles. The van der Waals surface area contributed by atoms with Crippen molar-refractivity contribution >= 4 is 23.3 Å². The highest BCUT2D eigenvalue weighted by molar-refractivity contribution is 5.90. The second-order valence-electron chi connectivity index (χ2n) is 7.12. The van der Waals surface area contributed by atoms with Crippen molar-refractivity contribution in [1.82, 2.24) is 10.2 Å². The van der Waals surface area contributed by atoms with Crippen LogP contribution in [0, 0.1) is 0 Å². The molecule has 1 aromatic carbocycles. The summed E-state index contributed by atoms with van der Waals surface area (Å²) in [5.74, 6) is 0.0816. The van der Waals surface area contributed by atoms with Crippen LogP contribution >= 0.6 is 0 Å². The third-order valence-electron chi connectivity index (χ3n) is 3.91. The number of rotatable bonds is 3. The van der Waals surface area contributed by atoms with Gasteiger partial charge in [0.15, 0.2) is 0 Å². The topological polar surface area (TPSA) is 64.7 Å². The van der Waals surface area contributed by atoms with Crippen LogP contribution in [-0.4, -0.2) is 49.1 Å². The first-order valence-electron chi connectivity index (χ1n) is 7.82. The molecule has 1 aliphatic rings. The van der Waals surface area contributed by atoms with Crippen molar-refractivity contribution in [1.29, 1.82) is 0 Å². The van der Waals surface area contributed by atoms with Crippen LogP contribution in [0.1, 0.15) is 27.2 Å². The molecule has 2 rings (SSSR count). The zero-order valence-corrected chi connectivity index (χ0v) is 14.5. The lowest BCUT2D eigenvalue weighted by molar-refractivity contribution is -0.131. The monoisotopic (exact) mass is 318 g/mol. The Labute approximate surface area is 137 Å². The standard InChI is InChI=1S/C17H26N4O2/c1-17(2,3)21-11-13(10-15(21)22)19-16(23)18-12-6-8-14(9-7-12)20(4)5/h6-9,13H,10-11H2,1-5H3,(H2,18,19,23). The number of benzene rings is 1. The molecule has 6 nitrogen and oxygen atoms in total. The molecule has 1 atom stereocenters. The highest BCUT2D eigenvalue weighted by Crippen LogP contribution is 2.22. The second-order valence-corrected chi connectivity index (χ2v) is 7.12. The van der Waals surface area contributed by atoms with Crippen LogP contribution in [0.15, 0.2) is 24.3 Å². The van der Waals surface area contributed by atoms with Gasteiger partial charge in [0, 0.05) is 44.0 Å². The third kappa shape index (κ3) is 4.37. The Kier molecular flexibility index (Phi) is 4.82. The van der Waals surface area contributed by atoms with Crippen molar-refractivity contribution in [2.75, 3.05) is 30.9 Å². The molecule has 6 heteroatoms. The summed E-state index contributed by atoms with van der Waals surface area (Å²) in [6.45, 7) is 6.55. The molecule has 1 unspecified atom stereocenters. The number of hydrogen-bond acceptors (Lipinski definition) is 3. The number of likely N-dealkylation sites (tertiary alicyclic amines) is 1. The maximum Gasteiger partial charge on any atom is 0.319 e. The molecule has 23 heavy (non-hydrogen) atoms. The first-order chi connectivity index (χ1) is 10.7. The van der Waals surface area contributed by atoms with Gasteiger partial charge < -0.3 is 20.4 Å². The van der Waals surface area contributed by atoms with Crippen LogP contribution in [0.25, 0.3) is 0 Å². The van der Waals surface area contributed by atoms with E-state index in [1.165, 1.54) is 0 Å². The highest BCUT2D eigenvalue weighted by Gasteiger charge is 2.36. The lowest BCUT2D eigenvalue weighted by Gasteiger charge is -2.32. The van der Waals surface area contributed by atoms with Crippen LogP contribution in [0.3, 0.4) is 0 Å².